The number of ketones is 3. The van der Waals surface area contributed by atoms with Crippen molar-refractivity contribution in [1.82, 2.24) is 0 Å². The van der Waals surface area contributed by atoms with Crippen LogP contribution in [0.1, 0.15) is 69.3 Å². The third-order valence-electron chi connectivity index (χ3n) is 7.97. The van der Waals surface area contributed by atoms with Gasteiger partial charge in [-0.1, -0.05) is 12.1 Å². The number of quaternary nitrogens is 1. The molecule has 0 bridgehead atoms. The number of aliphatic hydroxyl groups excluding tert-OH is 1. The van der Waals surface area contributed by atoms with E-state index < -0.39 is 95.2 Å². The summed E-state index contributed by atoms with van der Waals surface area (Å²) >= 11 is 0. The van der Waals surface area contributed by atoms with Crippen LogP contribution in [0.25, 0.3) is 0 Å². The van der Waals surface area contributed by atoms with E-state index in [0.717, 1.165) is 6.92 Å². The summed E-state index contributed by atoms with van der Waals surface area (Å²) < 4.78 is 31.7. The molecule has 7 N–H and O–H groups in total. The van der Waals surface area contributed by atoms with Crippen molar-refractivity contribution >= 4 is 17.3 Å². The van der Waals surface area contributed by atoms with Crippen LogP contribution in [-0.4, -0.2) is 81.2 Å². The summed E-state index contributed by atoms with van der Waals surface area (Å²) in [7, 11) is 1.31. The molecule has 2 aliphatic carbocycles. The largest absolute Gasteiger partial charge is 0.507 e. The number of aliphatic hydroxyl groups is 2. The number of rotatable bonds is 4. The number of carbonyl (C=O) groups is 3. The number of ether oxygens (including phenoxy) is 3. The molecule has 12 heteroatoms. The summed E-state index contributed by atoms with van der Waals surface area (Å²) in [5.74, 6) is -3.62. The minimum Gasteiger partial charge on any atom is -0.507 e. The first-order valence-electron chi connectivity index (χ1n) is 12.4. The maximum Gasteiger partial charge on any atom is 0.204 e. The van der Waals surface area contributed by atoms with E-state index in [1.165, 1.54) is 32.2 Å². The molecule has 5 rings (SSSR count). The van der Waals surface area contributed by atoms with Gasteiger partial charge >= 0.3 is 0 Å². The molecular formula is C27H29FNO10+. The van der Waals surface area contributed by atoms with Crippen LogP contribution in [0.2, 0.25) is 0 Å². The molecule has 1 aliphatic heterocycles. The summed E-state index contributed by atoms with van der Waals surface area (Å²) in [6.45, 7) is 2.61. The van der Waals surface area contributed by atoms with E-state index >= 15 is 4.39 Å². The predicted molar refractivity (Wildman–Crippen MR) is 129 cm³/mol. The van der Waals surface area contributed by atoms with E-state index in [2.05, 4.69) is 5.73 Å². The molecule has 208 valence electrons. The van der Waals surface area contributed by atoms with E-state index in [1.807, 2.05) is 0 Å². The van der Waals surface area contributed by atoms with Gasteiger partial charge in [0.2, 0.25) is 12.0 Å². The lowest BCUT2D eigenvalue weighted by molar-refractivity contribution is -0.482. The average molecular weight is 547 g/mol. The molecule has 2 aromatic rings. The van der Waals surface area contributed by atoms with Crippen molar-refractivity contribution in [3.05, 3.63) is 51.6 Å². The number of hydrogen-bond acceptors (Lipinski definition) is 10. The molecule has 1 saturated heterocycles. The molecule has 7 atom stereocenters. The van der Waals surface area contributed by atoms with E-state index in [9.17, 15) is 34.8 Å². The number of carbonyl (C=O) groups excluding carboxylic acids is 3. The Morgan fingerprint density at radius 2 is 1.82 bits per heavy atom. The number of fused-ring (bicyclic) bond motifs is 3. The Morgan fingerprint density at radius 3 is 2.46 bits per heavy atom. The van der Waals surface area contributed by atoms with Gasteiger partial charge in [0, 0.05) is 29.5 Å². The van der Waals surface area contributed by atoms with Gasteiger partial charge in [-0.25, -0.2) is 4.39 Å². The first-order valence-corrected chi connectivity index (χ1v) is 12.4. The molecule has 0 amide bonds. The summed E-state index contributed by atoms with van der Waals surface area (Å²) in [6.07, 6.45) is -8.11. The Morgan fingerprint density at radius 1 is 1.15 bits per heavy atom. The summed E-state index contributed by atoms with van der Waals surface area (Å²) in [5.41, 5.74) is -0.0350. The molecule has 2 aromatic carbocycles. The lowest BCUT2D eigenvalue weighted by atomic mass is 9.72. The van der Waals surface area contributed by atoms with E-state index in [4.69, 9.17) is 14.2 Å². The average Bonchev–Trinajstić information content (AvgIpc) is 2.90. The molecule has 11 nitrogen and oxygen atoms in total. The lowest BCUT2D eigenvalue weighted by Gasteiger charge is -2.42. The molecule has 0 radical (unpaired) electrons. The summed E-state index contributed by atoms with van der Waals surface area (Å²) in [5, 5.41) is 44.1. The number of phenolic OH excluding ortho intramolecular Hbond substituents is 2. The fourth-order valence-electron chi connectivity index (χ4n) is 5.68. The SMILES string of the molecule is COc1cccc2c1C(=O)c1c(O)c3c(c(O)c1C2=O)CC(O)(C(C)=O)C[C@@H]3O[C@@H]1O[C@@H](C)[C@@H](O)[C@@H]([NH3+])[C@@H]1F. The fourth-order valence-corrected chi connectivity index (χ4v) is 5.68. The van der Waals surface area contributed by atoms with Crippen molar-refractivity contribution in [1.29, 1.82) is 0 Å². The zero-order valence-electron chi connectivity index (χ0n) is 21.4. The standard InChI is InChI=1S/C27H28FNO10/c1-9-21(31)20(29)19(28)26(38-9)39-14-8-27(36,10(2)30)7-12-16(14)25(35)18-17(23(12)33)22(32)11-5-4-6-13(37-3)15(11)24(18)34/h4-6,9,14,19-21,26,31,33,35-36H,7-8,29H2,1-3H3/p+1/t9-,14-,19-,20-,21+,26-,27?/m0/s1. The number of aromatic hydroxyl groups is 2. The highest BCUT2D eigenvalue weighted by molar-refractivity contribution is 6.31. The van der Waals surface area contributed by atoms with Crippen molar-refractivity contribution in [2.24, 2.45) is 0 Å². The number of Topliss-reactive ketones (excluding diaryl/α,β-unsaturated/α-hetero) is 1. The zero-order chi connectivity index (χ0) is 28.5. The first kappa shape index (κ1) is 27.2. The molecule has 0 saturated carbocycles. The molecule has 39 heavy (non-hydrogen) atoms. The lowest BCUT2D eigenvalue weighted by Crippen LogP contribution is -2.77. The van der Waals surface area contributed by atoms with Crippen LogP contribution in [-0.2, 0) is 20.7 Å². The van der Waals surface area contributed by atoms with Crippen LogP contribution < -0.4 is 10.5 Å². The Hall–Kier alpha value is -3.42. The summed E-state index contributed by atoms with van der Waals surface area (Å²) in [4.78, 5) is 39.6. The highest BCUT2D eigenvalue weighted by atomic mass is 19.1. The van der Waals surface area contributed by atoms with E-state index in [-0.39, 0.29) is 28.0 Å². The second-order valence-corrected chi connectivity index (χ2v) is 10.3. The van der Waals surface area contributed by atoms with Gasteiger partial charge in [0.05, 0.1) is 36.0 Å². The second kappa shape index (κ2) is 9.35. The second-order valence-electron chi connectivity index (χ2n) is 10.3. The number of phenols is 2. The van der Waals surface area contributed by atoms with Gasteiger partial charge in [-0.3, -0.25) is 14.4 Å². The molecular weight excluding hydrogens is 517 g/mol. The van der Waals surface area contributed by atoms with Crippen molar-refractivity contribution < 1.29 is 59.1 Å². The van der Waals surface area contributed by atoms with Gasteiger partial charge in [0.1, 0.15) is 35.0 Å². The van der Waals surface area contributed by atoms with Gasteiger partial charge in [-0.05, 0) is 19.9 Å². The van der Waals surface area contributed by atoms with Crippen molar-refractivity contribution in [3.8, 4) is 17.2 Å². The molecule has 1 fully saturated rings. The van der Waals surface area contributed by atoms with Crippen LogP contribution in [0, 0.1) is 0 Å². The van der Waals surface area contributed by atoms with Gasteiger partial charge < -0.3 is 40.4 Å². The quantitative estimate of drug-likeness (QED) is 0.284. The van der Waals surface area contributed by atoms with Crippen molar-refractivity contribution in [3.63, 3.8) is 0 Å². The Balaban J connectivity index is 1.70. The minimum atomic E-state index is -2.12. The van der Waals surface area contributed by atoms with Crippen molar-refractivity contribution in [2.75, 3.05) is 7.11 Å². The molecule has 0 aromatic heterocycles. The topological polar surface area (TPSA) is 187 Å². The first-order chi connectivity index (χ1) is 18.3. The minimum absolute atomic E-state index is 0.0585. The molecule has 1 unspecified atom stereocenters. The normalized spacial score (nSPS) is 31.8. The van der Waals surface area contributed by atoms with Crippen LogP contribution in [0.15, 0.2) is 18.2 Å². The highest BCUT2D eigenvalue weighted by Crippen LogP contribution is 2.52. The van der Waals surface area contributed by atoms with E-state index in [0.29, 0.717) is 0 Å². The third-order valence-corrected chi connectivity index (χ3v) is 7.97. The molecule has 1 heterocycles. The predicted octanol–water partition coefficient (Wildman–Crippen LogP) is 0.260. The van der Waals surface area contributed by atoms with Gasteiger partial charge in [-0.15, -0.1) is 0 Å². The van der Waals surface area contributed by atoms with Crippen LogP contribution in [0.4, 0.5) is 4.39 Å². The molecule has 3 aliphatic rings. The Labute approximate surface area is 221 Å². The smallest absolute Gasteiger partial charge is 0.204 e. The third kappa shape index (κ3) is 3.94. The monoisotopic (exact) mass is 546 g/mol. The number of halogens is 1. The maximum atomic E-state index is 15.1. The number of methoxy groups -OCH3 is 1. The van der Waals surface area contributed by atoms with E-state index in [1.54, 1.807) is 0 Å². The molecule has 0 spiro atoms. The number of benzene rings is 2. The van der Waals surface area contributed by atoms with Crippen LogP contribution in [0.3, 0.4) is 0 Å². The van der Waals surface area contributed by atoms with Gasteiger partial charge in [-0.2, -0.15) is 0 Å². The summed E-state index contributed by atoms with van der Waals surface area (Å²) in [6, 6.07) is 3.20. The van der Waals surface area contributed by atoms with Gasteiger partial charge in [0.15, 0.2) is 17.9 Å². The Bertz CT molecular complexity index is 1410. The zero-order valence-corrected chi connectivity index (χ0v) is 21.4. The van der Waals surface area contributed by atoms with Crippen LogP contribution in [0.5, 0.6) is 17.2 Å². The Kier molecular flexibility index (Phi) is 6.51. The maximum absolute atomic E-state index is 15.1. The number of hydrogen-bond donors (Lipinski definition) is 5. The van der Waals surface area contributed by atoms with Gasteiger partial charge in [0.25, 0.3) is 0 Å². The van der Waals surface area contributed by atoms with Crippen LogP contribution >= 0.6 is 0 Å². The number of alkyl halides is 1. The fraction of sp³-hybridized carbons (Fsp3) is 0.444. The van der Waals surface area contributed by atoms with Crippen molar-refractivity contribution in [2.45, 2.75) is 69.1 Å². The highest BCUT2D eigenvalue weighted by Gasteiger charge is 2.51.